The molecular formula is C40H52FN6O3P. The van der Waals surface area contributed by atoms with E-state index in [0.717, 1.165) is 74.2 Å². The quantitative estimate of drug-likeness (QED) is 0.125. The highest BCUT2D eigenvalue weighted by molar-refractivity contribution is 7.55. The number of likely N-dealkylation sites (tertiary alicyclic amines) is 1. The Kier molecular flexibility index (Phi) is 12.5. The number of rotatable bonds is 15. The molecule has 1 saturated heterocycles. The number of carbonyl (C=O) groups excluding carboxylic acids is 1. The number of nitrogens with one attached hydrogen (secondary N) is 1. The van der Waals surface area contributed by atoms with Gasteiger partial charge in [0.1, 0.15) is 18.2 Å². The molecular weight excluding hydrogens is 662 g/mol. The standard InChI is InChI=1S/C40H52FN6O3P/c1-8-40(4,5)50-27-39(2,3)45-38(48)30-14-15-34-35(23-30)47(20-21-51(6)7)36(43-34)25-46-18-16-29(17-19-46)33-10-9-11-37(44-33)49-26-31-13-12-28(24-42)22-32(31)41/h9-15,22-23,29H,8,16-21,25-27H2,1-7H3,(H,45,48). The third kappa shape index (κ3) is 10.3. The first kappa shape index (κ1) is 38.3. The van der Waals surface area contributed by atoms with Gasteiger partial charge < -0.3 is 19.4 Å². The van der Waals surface area contributed by atoms with Gasteiger partial charge in [-0.25, -0.2) is 14.4 Å². The number of aryl methyl sites for hydroxylation is 1. The Morgan fingerprint density at radius 1 is 1.08 bits per heavy atom. The summed E-state index contributed by atoms with van der Waals surface area (Å²) in [5, 5.41) is 12.2. The van der Waals surface area contributed by atoms with E-state index >= 15 is 0 Å². The molecule has 4 aromatic rings. The topological polar surface area (TPSA) is 105 Å². The van der Waals surface area contributed by atoms with E-state index in [9.17, 15) is 9.18 Å². The molecule has 0 atom stereocenters. The number of fused-ring (bicyclic) bond motifs is 1. The van der Waals surface area contributed by atoms with Gasteiger partial charge in [0, 0.05) is 35.3 Å². The Hall–Kier alpha value is -3.90. The van der Waals surface area contributed by atoms with Crippen LogP contribution in [-0.4, -0.2) is 75.7 Å². The Balaban J connectivity index is 1.23. The van der Waals surface area contributed by atoms with Gasteiger partial charge >= 0.3 is 0 Å². The molecule has 5 rings (SSSR count). The monoisotopic (exact) mass is 714 g/mol. The SMILES string of the molecule is CCC(C)(C)OCC(C)(C)NC(=O)c1ccc2nc(CN3CCC(c4cccc(OCc5ccc(C#N)cc5F)n4)CC3)n(CCP(C)C)c2c1. The maximum absolute atomic E-state index is 14.4. The lowest BCUT2D eigenvalue weighted by molar-refractivity contribution is -0.0433. The van der Waals surface area contributed by atoms with Gasteiger partial charge in [0.25, 0.3) is 5.91 Å². The zero-order valence-electron chi connectivity index (χ0n) is 31.1. The number of imidazole rings is 1. The Morgan fingerprint density at radius 2 is 1.84 bits per heavy atom. The highest BCUT2D eigenvalue weighted by Crippen LogP contribution is 2.31. The van der Waals surface area contributed by atoms with Crippen LogP contribution in [0.15, 0.2) is 54.6 Å². The number of amides is 1. The van der Waals surface area contributed by atoms with Gasteiger partial charge in [0.15, 0.2) is 0 Å². The van der Waals surface area contributed by atoms with Crippen molar-refractivity contribution >= 4 is 24.9 Å². The summed E-state index contributed by atoms with van der Waals surface area (Å²) in [7, 11) is -0.104. The van der Waals surface area contributed by atoms with Crippen LogP contribution in [0.2, 0.25) is 0 Å². The second-order valence-electron chi connectivity index (χ2n) is 15.1. The number of hydrogen-bond donors (Lipinski definition) is 1. The van der Waals surface area contributed by atoms with Crippen molar-refractivity contribution in [2.45, 2.75) is 90.6 Å². The van der Waals surface area contributed by atoms with Crippen LogP contribution in [0.1, 0.15) is 92.8 Å². The first-order chi connectivity index (χ1) is 24.3. The molecule has 1 fully saturated rings. The minimum absolute atomic E-state index is 0.0437. The van der Waals surface area contributed by atoms with E-state index in [2.05, 4.69) is 48.9 Å². The number of nitriles is 1. The van der Waals surface area contributed by atoms with Gasteiger partial charge in [-0.3, -0.25) is 9.69 Å². The fourth-order valence-electron chi connectivity index (χ4n) is 6.09. The second kappa shape index (κ2) is 16.6. The smallest absolute Gasteiger partial charge is 0.251 e. The third-order valence-electron chi connectivity index (χ3n) is 9.66. The molecule has 0 aliphatic carbocycles. The van der Waals surface area contributed by atoms with Crippen molar-refractivity contribution in [3.63, 3.8) is 0 Å². The first-order valence-corrected chi connectivity index (χ1v) is 20.3. The summed E-state index contributed by atoms with van der Waals surface area (Å²) in [5.41, 5.74) is 3.40. The molecule has 1 aliphatic heterocycles. The van der Waals surface area contributed by atoms with Gasteiger partial charge in [-0.05, 0) is 116 Å². The number of hydrogen-bond acceptors (Lipinski definition) is 7. The average molecular weight is 715 g/mol. The number of carbonyl (C=O) groups is 1. The van der Waals surface area contributed by atoms with Crippen molar-refractivity contribution in [1.82, 2.24) is 24.8 Å². The van der Waals surface area contributed by atoms with Crippen LogP contribution in [0.4, 0.5) is 4.39 Å². The maximum Gasteiger partial charge on any atom is 0.251 e. The Labute approximate surface area is 303 Å². The summed E-state index contributed by atoms with van der Waals surface area (Å²) in [4.78, 5) is 25.8. The summed E-state index contributed by atoms with van der Waals surface area (Å²) < 4.78 is 28.6. The predicted molar refractivity (Wildman–Crippen MR) is 202 cm³/mol. The highest BCUT2D eigenvalue weighted by Gasteiger charge is 2.27. The number of halogens is 1. The number of benzene rings is 2. The van der Waals surface area contributed by atoms with Gasteiger partial charge in [-0.1, -0.05) is 19.1 Å². The average Bonchev–Trinajstić information content (AvgIpc) is 3.45. The fraction of sp³-hybridized carbons (Fsp3) is 0.500. The van der Waals surface area contributed by atoms with Crippen molar-refractivity contribution < 1.29 is 18.7 Å². The number of nitrogens with zero attached hydrogens (tertiary/aromatic N) is 5. The van der Waals surface area contributed by atoms with E-state index < -0.39 is 11.4 Å². The summed E-state index contributed by atoms with van der Waals surface area (Å²) in [6.07, 6.45) is 3.87. The fourth-order valence-corrected chi connectivity index (χ4v) is 6.69. The first-order valence-electron chi connectivity index (χ1n) is 17.9. The lowest BCUT2D eigenvalue weighted by Gasteiger charge is -2.32. The molecule has 51 heavy (non-hydrogen) atoms. The summed E-state index contributed by atoms with van der Waals surface area (Å²) in [6.45, 7) is 18.7. The molecule has 11 heteroatoms. The van der Waals surface area contributed by atoms with Gasteiger partial charge in [0.2, 0.25) is 5.88 Å². The van der Waals surface area contributed by atoms with E-state index in [-0.39, 0.29) is 31.6 Å². The van der Waals surface area contributed by atoms with Gasteiger partial charge in [-0.15, -0.1) is 7.92 Å². The molecule has 9 nitrogen and oxygen atoms in total. The zero-order chi connectivity index (χ0) is 36.8. The molecule has 1 N–H and O–H groups in total. The molecule has 0 saturated carbocycles. The molecule has 2 aromatic heterocycles. The minimum Gasteiger partial charge on any atom is -0.473 e. The van der Waals surface area contributed by atoms with Crippen LogP contribution in [0.5, 0.6) is 5.88 Å². The van der Waals surface area contributed by atoms with E-state index in [1.54, 1.807) is 18.2 Å². The van der Waals surface area contributed by atoms with E-state index in [4.69, 9.17) is 24.7 Å². The van der Waals surface area contributed by atoms with E-state index in [0.29, 0.717) is 29.5 Å². The molecule has 272 valence electrons. The summed E-state index contributed by atoms with van der Waals surface area (Å²) in [6, 6.07) is 17.9. The number of pyridine rings is 1. The van der Waals surface area contributed by atoms with Crippen LogP contribution >= 0.6 is 7.92 Å². The van der Waals surface area contributed by atoms with Crippen molar-refractivity contribution in [2.24, 2.45) is 0 Å². The molecule has 0 spiro atoms. The molecule has 3 heterocycles. The maximum atomic E-state index is 14.4. The molecule has 1 aliphatic rings. The van der Waals surface area contributed by atoms with Crippen LogP contribution in [0, 0.1) is 17.1 Å². The molecule has 0 bridgehead atoms. The van der Waals surface area contributed by atoms with Crippen molar-refractivity contribution in [1.29, 1.82) is 5.26 Å². The van der Waals surface area contributed by atoms with Crippen molar-refractivity contribution in [2.75, 3.05) is 39.2 Å². The number of piperidine rings is 1. The molecule has 1 amide bonds. The zero-order valence-corrected chi connectivity index (χ0v) is 32.0. The Morgan fingerprint density at radius 3 is 2.53 bits per heavy atom. The second-order valence-corrected chi connectivity index (χ2v) is 17.7. The number of ether oxygens (including phenoxy) is 2. The summed E-state index contributed by atoms with van der Waals surface area (Å²) in [5.74, 6) is 1.21. The van der Waals surface area contributed by atoms with Crippen LogP contribution in [0.25, 0.3) is 11.0 Å². The predicted octanol–water partition coefficient (Wildman–Crippen LogP) is 7.86. The van der Waals surface area contributed by atoms with Gasteiger partial charge in [-0.2, -0.15) is 5.26 Å². The van der Waals surface area contributed by atoms with Crippen molar-refractivity contribution in [3.8, 4) is 11.9 Å². The minimum atomic E-state index is -0.522. The summed E-state index contributed by atoms with van der Waals surface area (Å²) >= 11 is 0. The number of aromatic nitrogens is 3. The van der Waals surface area contributed by atoms with Crippen LogP contribution < -0.4 is 10.1 Å². The molecule has 0 radical (unpaired) electrons. The largest absolute Gasteiger partial charge is 0.473 e. The lowest BCUT2D eigenvalue weighted by atomic mass is 9.93. The Bertz CT molecular complexity index is 1860. The third-order valence-corrected chi connectivity index (χ3v) is 10.8. The van der Waals surface area contributed by atoms with Gasteiger partial charge in [0.05, 0.1) is 47.0 Å². The normalized spacial score (nSPS) is 14.6. The molecule has 2 aromatic carbocycles. The highest BCUT2D eigenvalue weighted by atomic mass is 31.1. The van der Waals surface area contributed by atoms with E-state index in [1.807, 2.05) is 50.2 Å². The van der Waals surface area contributed by atoms with E-state index in [1.165, 1.54) is 6.07 Å². The molecule has 0 unspecified atom stereocenters. The van der Waals surface area contributed by atoms with Crippen molar-refractivity contribution in [3.05, 3.63) is 88.6 Å². The van der Waals surface area contributed by atoms with Crippen LogP contribution in [0.3, 0.4) is 0 Å². The van der Waals surface area contributed by atoms with Crippen LogP contribution in [-0.2, 0) is 24.4 Å². The lowest BCUT2D eigenvalue weighted by Crippen LogP contribution is -2.48.